The van der Waals surface area contributed by atoms with Gasteiger partial charge in [0.25, 0.3) is 0 Å². The van der Waals surface area contributed by atoms with Crippen molar-refractivity contribution in [2.24, 2.45) is 17.8 Å². The molecular formula is C61H118O6. The maximum atomic E-state index is 12.9. The Morgan fingerprint density at radius 2 is 0.522 bits per heavy atom. The molecule has 0 saturated heterocycles. The molecule has 0 spiro atoms. The molecule has 6 nitrogen and oxygen atoms in total. The summed E-state index contributed by atoms with van der Waals surface area (Å²) < 4.78 is 16.9. The summed E-state index contributed by atoms with van der Waals surface area (Å²) in [7, 11) is 0. The van der Waals surface area contributed by atoms with E-state index in [-0.39, 0.29) is 31.1 Å². The third-order valence-electron chi connectivity index (χ3n) is 14.3. The summed E-state index contributed by atoms with van der Waals surface area (Å²) in [5.74, 6) is 1.70. The van der Waals surface area contributed by atoms with Crippen molar-refractivity contribution in [1.29, 1.82) is 0 Å². The van der Waals surface area contributed by atoms with E-state index in [4.69, 9.17) is 14.2 Å². The molecule has 0 rings (SSSR count). The van der Waals surface area contributed by atoms with Gasteiger partial charge in [0, 0.05) is 19.3 Å². The van der Waals surface area contributed by atoms with Crippen LogP contribution in [0.1, 0.15) is 337 Å². The van der Waals surface area contributed by atoms with Gasteiger partial charge in [-0.15, -0.1) is 0 Å². The van der Waals surface area contributed by atoms with E-state index in [0.29, 0.717) is 19.3 Å². The van der Waals surface area contributed by atoms with E-state index < -0.39 is 6.10 Å². The summed E-state index contributed by atoms with van der Waals surface area (Å²) in [4.78, 5) is 38.1. The lowest BCUT2D eigenvalue weighted by atomic mass is 9.99. The van der Waals surface area contributed by atoms with Crippen LogP contribution in [0.2, 0.25) is 0 Å². The van der Waals surface area contributed by atoms with Gasteiger partial charge in [0.15, 0.2) is 6.10 Å². The molecular weight excluding hydrogens is 829 g/mol. The molecule has 0 bridgehead atoms. The van der Waals surface area contributed by atoms with Crippen molar-refractivity contribution >= 4 is 17.9 Å². The first-order valence-corrected chi connectivity index (χ1v) is 30.1. The molecule has 0 aromatic rings. The van der Waals surface area contributed by atoms with Crippen LogP contribution < -0.4 is 0 Å². The van der Waals surface area contributed by atoms with Crippen LogP contribution in [0.4, 0.5) is 0 Å². The van der Waals surface area contributed by atoms with Crippen LogP contribution in [0.3, 0.4) is 0 Å². The number of carbonyl (C=O) groups excluding carboxylic acids is 3. The SMILES string of the molecule is CCC(C)CCCCCCCCCCCCCCCCCCCCC(=O)OC[C@@H](COC(=O)CCCCCCCCCCC(C)C)OC(=O)CCCCCCCCCCCCCCCC(C)C. The van der Waals surface area contributed by atoms with E-state index in [2.05, 4.69) is 41.5 Å². The van der Waals surface area contributed by atoms with Gasteiger partial charge in [0.1, 0.15) is 13.2 Å². The van der Waals surface area contributed by atoms with Gasteiger partial charge >= 0.3 is 17.9 Å². The predicted molar refractivity (Wildman–Crippen MR) is 289 cm³/mol. The monoisotopic (exact) mass is 947 g/mol. The van der Waals surface area contributed by atoms with Crippen LogP contribution in [-0.2, 0) is 28.6 Å². The third kappa shape index (κ3) is 53.6. The largest absolute Gasteiger partial charge is 0.462 e. The molecule has 0 aromatic carbocycles. The van der Waals surface area contributed by atoms with E-state index in [0.717, 1.165) is 75.5 Å². The molecule has 1 unspecified atom stereocenters. The topological polar surface area (TPSA) is 78.9 Å². The van der Waals surface area contributed by atoms with Gasteiger partial charge in [-0.25, -0.2) is 0 Å². The Kier molecular flexibility index (Phi) is 51.0. The molecule has 0 fully saturated rings. The van der Waals surface area contributed by atoms with Crippen LogP contribution in [0, 0.1) is 17.8 Å². The molecule has 0 heterocycles. The van der Waals surface area contributed by atoms with Crippen molar-refractivity contribution in [3.63, 3.8) is 0 Å². The highest BCUT2D eigenvalue weighted by Gasteiger charge is 2.19. The van der Waals surface area contributed by atoms with Crippen LogP contribution in [0.5, 0.6) is 0 Å². The lowest BCUT2D eigenvalue weighted by Gasteiger charge is -2.18. The zero-order valence-electron chi connectivity index (χ0n) is 46.2. The Hall–Kier alpha value is -1.59. The molecule has 2 atom stereocenters. The molecule has 0 aromatic heterocycles. The Labute approximate surface area is 418 Å². The summed E-state index contributed by atoms with van der Waals surface area (Å²) in [6.45, 7) is 13.8. The first-order chi connectivity index (χ1) is 32.6. The van der Waals surface area contributed by atoms with Crippen LogP contribution in [0.25, 0.3) is 0 Å². The molecule has 398 valence electrons. The fourth-order valence-electron chi connectivity index (χ4n) is 9.32. The summed E-state index contributed by atoms with van der Waals surface area (Å²) in [6.07, 6.45) is 55.3. The second kappa shape index (κ2) is 52.2. The minimum atomic E-state index is -0.764. The standard InChI is InChI=1S/C61H118O6/c1-7-57(6)49-43-37-31-24-20-16-12-10-8-9-11-13-17-21-25-32-38-44-50-59(62)65-53-58(54-66-60(63)51-45-39-33-28-27-30-36-42-48-56(4)5)67-61(64)52-46-40-34-26-22-18-14-15-19-23-29-35-41-47-55(2)3/h55-58H,7-54H2,1-6H3/t57?,58-/m0/s1. The van der Waals surface area contributed by atoms with Crippen molar-refractivity contribution in [3.05, 3.63) is 0 Å². The molecule has 0 N–H and O–H groups in total. The minimum absolute atomic E-state index is 0.0636. The number of ether oxygens (including phenoxy) is 3. The third-order valence-corrected chi connectivity index (χ3v) is 14.3. The average molecular weight is 948 g/mol. The average Bonchev–Trinajstić information content (AvgIpc) is 3.30. The molecule has 0 aliphatic rings. The molecule has 0 aliphatic heterocycles. The Balaban J connectivity index is 4.22. The van der Waals surface area contributed by atoms with Gasteiger partial charge in [-0.3, -0.25) is 14.4 Å². The lowest BCUT2D eigenvalue weighted by molar-refractivity contribution is -0.167. The maximum Gasteiger partial charge on any atom is 0.306 e. The lowest BCUT2D eigenvalue weighted by Crippen LogP contribution is -2.30. The Morgan fingerprint density at radius 3 is 0.776 bits per heavy atom. The van der Waals surface area contributed by atoms with Gasteiger partial charge in [0.2, 0.25) is 0 Å². The zero-order chi connectivity index (χ0) is 49.1. The van der Waals surface area contributed by atoms with Gasteiger partial charge in [0.05, 0.1) is 0 Å². The van der Waals surface area contributed by atoms with Crippen molar-refractivity contribution in [1.82, 2.24) is 0 Å². The minimum Gasteiger partial charge on any atom is -0.462 e. The van der Waals surface area contributed by atoms with E-state index in [9.17, 15) is 14.4 Å². The van der Waals surface area contributed by atoms with Crippen molar-refractivity contribution in [2.75, 3.05) is 13.2 Å². The first kappa shape index (κ1) is 65.4. The highest BCUT2D eigenvalue weighted by molar-refractivity contribution is 5.71. The van der Waals surface area contributed by atoms with E-state index in [1.807, 2.05) is 0 Å². The van der Waals surface area contributed by atoms with E-state index in [1.54, 1.807) is 0 Å². The zero-order valence-corrected chi connectivity index (χ0v) is 46.2. The Morgan fingerprint density at radius 1 is 0.299 bits per heavy atom. The summed E-state index contributed by atoms with van der Waals surface area (Å²) >= 11 is 0. The van der Waals surface area contributed by atoms with Gasteiger partial charge in [-0.2, -0.15) is 0 Å². The van der Waals surface area contributed by atoms with Crippen LogP contribution in [-0.4, -0.2) is 37.2 Å². The van der Waals surface area contributed by atoms with Crippen molar-refractivity contribution < 1.29 is 28.6 Å². The normalized spacial score (nSPS) is 12.5. The molecule has 0 saturated carbocycles. The van der Waals surface area contributed by atoms with Gasteiger partial charge in [-0.05, 0) is 37.0 Å². The number of unbranched alkanes of at least 4 members (excludes halogenated alkanes) is 36. The maximum absolute atomic E-state index is 12.9. The Bertz CT molecular complexity index is 1040. The van der Waals surface area contributed by atoms with E-state index >= 15 is 0 Å². The van der Waals surface area contributed by atoms with Gasteiger partial charge in [-0.1, -0.05) is 298 Å². The van der Waals surface area contributed by atoms with Crippen LogP contribution in [0.15, 0.2) is 0 Å². The fourth-order valence-corrected chi connectivity index (χ4v) is 9.32. The number of esters is 3. The second-order valence-corrected chi connectivity index (χ2v) is 22.2. The molecule has 0 radical (unpaired) electrons. The molecule has 0 amide bonds. The number of rotatable bonds is 54. The summed E-state index contributed by atoms with van der Waals surface area (Å²) in [5.41, 5.74) is 0. The number of carbonyl (C=O) groups is 3. The summed E-state index contributed by atoms with van der Waals surface area (Å²) in [5, 5.41) is 0. The number of hydrogen-bond acceptors (Lipinski definition) is 6. The summed E-state index contributed by atoms with van der Waals surface area (Å²) in [6, 6.07) is 0. The smallest absolute Gasteiger partial charge is 0.306 e. The van der Waals surface area contributed by atoms with E-state index in [1.165, 1.54) is 218 Å². The quantitative estimate of drug-likeness (QED) is 0.0343. The second-order valence-electron chi connectivity index (χ2n) is 22.2. The molecule has 67 heavy (non-hydrogen) atoms. The first-order valence-electron chi connectivity index (χ1n) is 30.1. The van der Waals surface area contributed by atoms with Crippen molar-refractivity contribution in [2.45, 2.75) is 343 Å². The fraction of sp³-hybridized carbons (Fsp3) is 0.951. The van der Waals surface area contributed by atoms with Crippen LogP contribution >= 0.6 is 0 Å². The highest BCUT2D eigenvalue weighted by atomic mass is 16.6. The van der Waals surface area contributed by atoms with Gasteiger partial charge < -0.3 is 14.2 Å². The highest BCUT2D eigenvalue weighted by Crippen LogP contribution is 2.19. The molecule has 0 aliphatic carbocycles. The molecule has 6 heteroatoms. The predicted octanol–water partition coefficient (Wildman–Crippen LogP) is 19.9. The number of hydrogen-bond donors (Lipinski definition) is 0. The van der Waals surface area contributed by atoms with Crippen molar-refractivity contribution in [3.8, 4) is 0 Å².